The van der Waals surface area contributed by atoms with Gasteiger partial charge < -0.3 is 9.88 Å². The molecule has 0 aliphatic carbocycles. The lowest BCUT2D eigenvalue weighted by Crippen LogP contribution is -2.19. The molecular weight excluding hydrogens is 224 g/mol. The van der Waals surface area contributed by atoms with Crippen molar-refractivity contribution in [1.29, 1.82) is 0 Å². The first-order valence-corrected chi connectivity index (χ1v) is 6.63. The van der Waals surface area contributed by atoms with Gasteiger partial charge in [0.25, 0.3) is 0 Å². The molecule has 1 N–H and O–H groups in total. The normalized spacial score (nSPS) is 11.0. The van der Waals surface area contributed by atoms with Gasteiger partial charge in [-0.05, 0) is 24.6 Å². The van der Waals surface area contributed by atoms with Gasteiger partial charge in [-0.25, -0.2) is 0 Å². The van der Waals surface area contributed by atoms with Crippen molar-refractivity contribution in [3.63, 3.8) is 0 Å². The second kappa shape index (κ2) is 6.40. The van der Waals surface area contributed by atoms with Crippen LogP contribution in [0.25, 0.3) is 0 Å². The molecule has 2 aromatic heterocycles. The van der Waals surface area contributed by atoms with Gasteiger partial charge in [0.1, 0.15) is 0 Å². The summed E-state index contributed by atoms with van der Waals surface area (Å²) >= 11 is 0. The molecule has 0 unspecified atom stereocenters. The summed E-state index contributed by atoms with van der Waals surface area (Å²) in [5, 5.41) is 7.84. The van der Waals surface area contributed by atoms with Crippen molar-refractivity contribution in [1.82, 2.24) is 19.7 Å². The highest BCUT2D eigenvalue weighted by molar-refractivity contribution is 5.07. The van der Waals surface area contributed by atoms with Crippen molar-refractivity contribution in [3.05, 3.63) is 42.0 Å². The Morgan fingerprint density at radius 3 is 2.89 bits per heavy atom. The van der Waals surface area contributed by atoms with E-state index >= 15 is 0 Å². The Kier molecular flexibility index (Phi) is 4.59. The fourth-order valence-electron chi connectivity index (χ4n) is 2.10. The molecule has 0 aromatic carbocycles. The van der Waals surface area contributed by atoms with Gasteiger partial charge in [-0.15, -0.1) is 0 Å². The highest BCUT2D eigenvalue weighted by Crippen LogP contribution is 2.03. The lowest BCUT2D eigenvalue weighted by molar-refractivity contribution is 0.598. The Balaban J connectivity index is 1.73. The number of aryl methyl sites for hydroxylation is 2. The van der Waals surface area contributed by atoms with Crippen LogP contribution in [0.15, 0.2) is 30.6 Å². The number of nitrogens with one attached hydrogen (secondary N) is 1. The average molecular weight is 246 g/mol. The molecule has 2 rings (SSSR count). The molecule has 4 nitrogen and oxygen atoms in total. The van der Waals surface area contributed by atoms with Crippen LogP contribution in [0.2, 0.25) is 0 Å². The van der Waals surface area contributed by atoms with Crippen molar-refractivity contribution >= 4 is 0 Å². The molecule has 0 aliphatic rings. The Labute approximate surface area is 109 Å². The zero-order valence-corrected chi connectivity index (χ0v) is 11.3. The lowest BCUT2D eigenvalue weighted by Gasteiger charge is -2.08. The second-order valence-electron chi connectivity index (χ2n) is 4.60. The summed E-state index contributed by atoms with van der Waals surface area (Å²) in [5.41, 5.74) is 2.51. The Morgan fingerprint density at radius 1 is 1.28 bits per heavy atom. The fraction of sp³-hybridized carbons (Fsp3) is 0.500. The van der Waals surface area contributed by atoms with Crippen LogP contribution >= 0.6 is 0 Å². The molecule has 0 spiro atoms. The van der Waals surface area contributed by atoms with Gasteiger partial charge in [-0.2, -0.15) is 5.10 Å². The van der Waals surface area contributed by atoms with Crippen LogP contribution in [-0.2, 0) is 26.6 Å². The first-order chi connectivity index (χ1) is 8.79. The average Bonchev–Trinajstić information content (AvgIpc) is 2.95. The lowest BCUT2D eigenvalue weighted by atomic mass is 10.3. The minimum Gasteiger partial charge on any atom is -0.350 e. The van der Waals surface area contributed by atoms with Crippen LogP contribution in [0.5, 0.6) is 0 Å². The number of hydrogen-bond acceptors (Lipinski definition) is 2. The molecule has 0 saturated carbocycles. The van der Waals surface area contributed by atoms with Crippen LogP contribution in [-0.4, -0.2) is 20.9 Å². The molecule has 4 heteroatoms. The van der Waals surface area contributed by atoms with E-state index in [-0.39, 0.29) is 0 Å². The second-order valence-corrected chi connectivity index (χ2v) is 4.60. The van der Waals surface area contributed by atoms with Crippen LogP contribution in [0, 0.1) is 0 Å². The summed E-state index contributed by atoms with van der Waals surface area (Å²) in [6, 6.07) is 6.37. The van der Waals surface area contributed by atoms with Gasteiger partial charge in [0, 0.05) is 51.2 Å². The van der Waals surface area contributed by atoms with Crippen LogP contribution < -0.4 is 5.32 Å². The van der Waals surface area contributed by atoms with E-state index in [4.69, 9.17) is 0 Å². The monoisotopic (exact) mass is 246 g/mol. The SMILES string of the molecule is CCCn1cccc1CNCCc1ccn(C)n1. The minimum absolute atomic E-state index is 0.930. The summed E-state index contributed by atoms with van der Waals surface area (Å²) in [6.45, 7) is 5.21. The quantitative estimate of drug-likeness (QED) is 0.758. The zero-order valence-electron chi connectivity index (χ0n) is 11.3. The van der Waals surface area contributed by atoms with E-state index in [9.17, 15) is 0 Å². The maximum absolute atomic E-state index is 4.36. The molecule has 0 aliphatic heterocycles. The molecule has 2 heterocycles. The van der Waals surface area contributed by atoms with Gasteiger partial charge in [-0.1, -0.05) is 6.92 Å². The summed E-state index contributed by atoms with van der Waals surface area (Å²) in [7, 11) is 1.95. The largest absolute Gasteiger partial charge is 0.350 e. The van der Waals surface area contributed by atoms with Crippen molar-refractivity contribution in [2.75, 3.05) is 6.54 Å². The van der Waals surface area contributed by atoms with E-state index in [1.165, 1.54) is 12.1 Å². The summed E-state index contributed by atoms with van der Waals surface area (Å²) in [5.74, 6) is 0. The summed E-state index contributed by atoms with van der Waals surface area (Å²) in [6.07, 6.45) is 6.30. The Hall–Kier alpha value is -1.55. The van der Waals surface area contributed by atoms with E-state index in [0.29, 0.717) is 0 Å². The number of hydrogen-bond donors (Lipinski definition) is 1. The summed E-state index contributed by atoms with van der Waals surface area (Å²) < 4.78 is 4.16. The first kappa shape index (κ1) is 12.9. The zero-order chi connectivity index (χ0) is 12.8. The predicted molar refractivity (Wildman–Crippen MR) is 73.3 cm³/mol. The molecule has 0 radical (unpaired) electrons. The van der Waals surface area contributed by atoms with Gasteiger partial charge in [-0.3, -0.25) is 4.68 Å². The van der Waals surface area contributed by atoms with Crippen molar-refractivity contribution in [2.24, 2.45) is 7.05 Å². The van der Waals surface area contributed by atoms with Crippen LogP contribution in [0.1, 0.15) is 24.7 Å². The third-order valence-corrected chi connectivity index (χ3v) is 3.02. The van der Waals surface area contributed by atoms with Crippen molar-refractivity contribution < 1.29 is 0 Å². The summed E-state index contributed by atoms with van der Waals surface area (Å²) in [4.78, 5) is 0. The van der Waals surface area contributed by atoms with Crippen molar-refractivity contribution in [2.45, 2.75) is 32.9 Å². The van der Waals surface area contributed by atoms with Gasteiger partial charge in [0.2, 0.25) is 0 Å². The van der Waals surface area contributed by atoms with Gasteiger partial charge >= 0.3 is 0 Å². The van der Waals surface area contributed by atoms with E-state index in [1.807, 2.05) is 17.9 Å². The smallest absolute Gasteiger partial charge is 0.0637 e. The first-order valence-electron chi connectivity index (χ1n) is 6.63. The van der Waals surface area contributed by atoms with Gasteiger partial charge in [0.05, 0.1) is 5.69 Å². The van der Waals surface area contributed by atoms with E-state index in [2.05, 4.69) is 46.3 Å². The third-order valence-electron chi connectivity index (χ3n) is 3.02. The maximum Gasteiger partial charge on any atom is 0.0637 e. The molecule has 98 valence electrons. The number of rotatable bonds is 7. The number of nitrogens with zero attached hydrogens (tertiary/aromatic N) is 3. The topological polar surface area (TPSA) is 34.8 Å². The van der Waals surface area contributed by atoms with Crippen LogP contribution in [0.3, 0.4) is 0 Å². The van der Waals surface area contributed by atoms with Crippen LogP contribution in [0.4, 0.5) is 0 Å². The third kappa shape index (κ3) is 3.47. The van der Waals surface area contributed by atoms with Crippen molar-refractivity contribution in [3.8, 4) is 0 Å². The van der Waals surface area contributed by atoms with E-state index in [1.54, 1.807) is 0 Å². The molecule has 2 aromatic rings. The highest BCUT2D eigenvalue weighted by Gasteiger charge is 2.00. The van der Waals surface area contributed by atoms with Gasteiger partial charge in [0.15, 0.2) is 0 Å². The van der Waals surface area contributed by atoms with E-state index < -0.39 is 0 Å². The molecular formula is C14H22N4. The fourth-order valence-corrected chi connectivity index (χ4v) is 2.10. The Bertz CT molecular complexity index is 470. The number of aromatic nitrogens is 3. The standard InChI is InChI=1S/C14H22N4/c1-3-9-18-10-4-5-14(18)12-15-8-6-13-7-11-17(2)16-13/h4-5,7,10-11,15H,3,6,8-9,12H2,1-2H3. The van der Waals surface area contributed by atoms with E-state index in [0.717, 1.165) is 31.7 Å². The molecule has 0 saturated heterocycles. The molecule has 0 bridgehead atoms. The Morgan fingerprint density at radius 2 is 2.17 bits per heavy atom. The molecule has 18 heavy (non-hydrogen) atoms. The minimum atomic E-state index is 0.930. The molecule has 0 fully saturated rings. The highest BCUT2D eigenvalue weighted by atomic mass is 15.2. The molecule has 0 atom stereocenters. The maximum atomic E-state index is 4.36. The predicted octanol–water partition coefficient (Wildman–Crippen LogP) is 1.96. The molecule has 0 amide bonds.